The van der Waals surface area contributed by atoms with E-state index in [0.717, 1.165) is 26.1 Å². The average Bonchev–Trinajstić information content (AvgIpc) is 2.68. The fourth-order valence-corrected chi connectivity index (χ4v) is 2.20. The average molecular weight is 212 g/mol. The smallest absolute Gasteiger partial charge is 0.152 e. The van der Waals surface area contributed by atoms with Gasteiger partial charge in [-0.3, -0.25) is 4.79 Å². The Balaban J connectivity index is 2.45. The number of likely N-dealkylation sites (N-methyl/N-ethyl adjacent to an activating group) is 1. The SMILES string of the molecule is CCNC(CC1CCNC1)C(=O)C(C)C. The molecule has 1 aliphatic heterocycles. The van der Waals surface area contributed by atoms with Crippen molar-refractivity contribution in [2.75, 3.05) is 19.6 Å². The summed E-state index contributed by atoms with van der Waals surface area (Å²) in [7, 11) is 0. The summed E-state index contributed by atoms with van der Waals surface area (Å²) in [6, 6.07) is 0.0694. The molecule has 0 aromatic carbocycles. The lowest BCUT2D eigenvalue weighted by molar-refractivity contribution is -0.124. The second kappa shape index (κ2) is 6.23. The van der Waals surface area contributed by atoms with E-state index >= 15 is 0 Å². The van der Waals surface area contributed by atoms with Gasteiger partial charge in [-0.15, -0.1) is 0 Å². The Morgan fingerprint density at radius 3 is 2.73 bits per heavy atom. The molecule has 3 nitrogen and oxygen atoms in total. The van der Waals surface area contributed by atoms with Crippen LogP contribution in [0.3, 0.4) is 0 Å². The van der Waals surface area contributed by atoms with E-state index in [-0.39, 0.29) is 12.0 Å². The zero-order valence-corrected chi connectivity index (χ0v) is 10.2. The Morgan fingerprint density at radius 2 is 2.27 bits per heavy atom. The third-order valence-electron chi connectivity index (χ3n) is 3.09. The van der Waals surface area contributed by atoms with Crippen LogP contribution in [0.1, 0.15) is 33.6 Å². The number of hydrogen-bond acceptors (Lipinski definition) is 3. The van der Waals surface area contributed by atoms with Gasteiger partial charge in [0, 0.05) is 5.92 Å². The van der Waals surface area contributed by atoms with Crippen molar-refractivity contribution in [2.24, 2.45) is 11.8 Å². The normalized spacial score (nSPS) is 23.3. The van der Waals surface area contributed by atoms with Gasteiger partial charge in [0.25, 0.3) is 0 Å². The van der Waals surface area contributed by atoms with E-state index < -0.39 is 0 Å². The maximum Gasteiger partial charge on any atom is 0.152 e. The van der Waals surface area contributed by atoms with Gasteiger partial charge in [0.15, 0.2) is 5.78 Å². The highest BCUT2D eigenvalue weighted by Gasteiger charge is 2.25. The van der Waals surface area contributed by atoms with E-state index in [1.807, 2.05) is 13.8 Å². The number of carbonyl (C=O) groups excluding carboxylic acids is 1. The number of ketones is 1. The van der Waals surface area contributed by atoms with Gasteiger partial charge in [0.05, 0.1) is 6.04 Å². The molecule has 15 heavy (non-hydrogen) atoms. The quantitative estimate of drug-likeness (QED) is 0.695. The minimum atomic E-state index is 0.0694. The molecular weight excluding hydrogens is 188 g/mol. The van der Waals surface area contributed by atoms with Gasteiger partial charge in [-0.2, -0.15) is 0 Å². The minimum Gasteiger partial charge on any atom is -0.316 e. The molecule has 1 saturated heterocycles. The minimum absolute atomic E-state index is 0.0694. The van der Waals surface area contributed by atoms with E-state index in [1.165, 1.54) is 6.42 Å². The Hall–Kier alpha value is -0.410. The predicted molar refractivity (Wildman–Crippen MR) is 62.9 cm³/mol. The van der Waals surface area contributed by atoms with E-state index in [4.69, 9.17) is 0 Å². The van der Waals surface area contributed by atoms with Crippen LogP contribution in [0.2, 0.25) is 0 Å². The van der Waals surface area contributed by atoms with Crippen molar-refractivity contribution < 1.29 is 4.79 Å². The molecule has 0 radical (unpaired) electrons. The lowest BCUT2D eigenvalue weighted by Gasteiger charge is -2.21. The summed E-state index contributed by atoms with van der Waals surface area (Å²) in [5, 5.41) is 6.66. The largest absolute Gasteiger partial charge is 0.316 e. The van der Waals surface area contributed by atoms with Gasteiger partial charge in [-0.1, -0.05) is 20.8 Å². The van der Waals surface area contributed by atoms with E-state index in [0.29, 0.717) is 11.7 Å². The summed E-state index contributed by atoms with van der Waals surface area (Å²) in [6.45, 7) is 9.10. The van der Waals surface area contributed by atoms with Crippen molar-refractivity contribution >= 4 is 5.78 Å². The number of nitrogens with one attached hydrogen (secondary N) is 2. The van der Waals surface area contributed by atoms with Crippen LogP contribution in [-0.2, 0) is 4.79 Å². The number of hydrogen-bond donors (Lipinski definition) is 2. The molecule has 88 valence electrons. The summed E-state index contributed by atoms with van der Waals surface area (Å²) < 4.78 is 0. The maximum absolute atomic E-state index is 11.9. The Kier molecular flexibility index (Phi) is 5.26. The molecule has 1 aliphatic rings. The number of Topliss-reactive ketones (excluding diaryl/α,β-unsaturated/α-hetero) is 1. The van der Waals surface area contributed by atoms with Crippen molar-refractivity contribution in [3.8, 4) is 0 Å². The Bertz CT molecular complexity index is 198. The molecule has 0 bridgehead atoms. The van der Waals surface area contributed by atoms with Gasteiger partial charge in [-0.25, -0.2) is 0 Å². The summed E-state index contributed by atoms with van der Waals surface area (Å²) in [6.07, 6.45) is 2.21. The molecule has 3 heteroatoms. The Morgan fingerprint density at radius 1 is 1.53 bits per heavy atom. The first kappa shape index (κ1) is 12.7. The van der Waals surface area contributed by atoms with Crippen molar-refractivity contribution in [1.29, 1.82) is 0 Å². The summed E-state index contributed by atoms with van der Waals surface area (Å²) in [4.78, 5) is 11.9. The third kappa shape index (κ3) is 3.92. The summed E-state index contributed by atoms with van der Waals surface area (Å²) in [5.41, 5.74) is 0. The van der Waals surface area contributed by atoms with Crippen molar-refractivity contribution in [1.82, 2.24) is 10.6 Å². The highest BCUT2D eigenvalue weighted by atomic mass is 16.1. The van der Waals surface area contributed by atoms with E-state index in [9.17, 15) is 4.79 Å². The topological polar surface area (TPSA) is 41.1 Å². The van der Waals surface area contributed by atoms with Crippen molar-refractivity contribution in [3.05, 3.63) is 0 Å². The second-order valence-electron chi connectivity index (χ2n) is 4.76. The van der Waals surface area contributed by atoms with Gasteiger partial charge in [0.2, 0.25) is 0 Å². The molecular formula is C12H24N2O. The van der Waals surface area contributed by atoms with Crippen molar-refractivity contribution in [3.63, 3.8) is 0 Å². The molecule has 2 atom stereocenters. The highest BCUT2D eigenvalue weighted by Crippen LogP contribution is 2.16. The first-order valence-corrected chi connectivity index (χ1v) is 6.13. The molecule has 0 amide bonds. The van der Waals surface area contributed by atoms with E-state index in [1.54, 1.807) is 0 Å². The van der Waals surface area contributed by atoms with Crippen LogP contribution in [0, 0.1) is 11.8 Å². The molecule has 1 fully saturated rings. The maximum atomic E-state index is 11.9. The molecule has 0 aromatic heterocycles. The number of rotatable bonds is 6. The molecule has 0 spiro atoms. The van der Waals surface area contributed by atoms with Crippen molar-refractivity contribution in [2.45, 2.75) is 39.7 Å². The van der Waals surface area contributed by atoms with Crippen LogP contribution < -0.4 is 10.6 Å². The number of carbonyl (C=O) groups is 1. The van der Waals surface area contributed by atoms with Crippen LogP contribution in [0.25, 0.3) is 0 Å². The van der Waals surface area contributed by atoms with Gasteiger partial charge in [0.1, 0.15) is 0 Å². The van der Waals surface area contributed by atoms with Gasteiger partial charge >= 0.3 is 0 Å². The van der Waals surface area contributed by atoms with Crippen LogP contribution in [0.15, 0.2) is 0 Å². The molecule has 0 saturated carbocycles. The molecule has 2 unspecified atom stereocenters. The summed E-state index contributed by atoms with van der Waals surface area (Å²) >= 11 is 0. The lowest BCUT2D eigenvalue weighted by Crippen LogP contribution is -2.40. The zero-order chi connectivity index (χ0) is 11.3. The monoisotopic (exact) mass is 212 g/mol. The first-order chi connectivity index (χ1) is 7.15. The van der Waals surface area contributed by atoms with Gasteiger partial charge < -0.3 is 10.6 Å². The summed E-state index contributed by atoms with van der Waals surface area (Å²) in [5.74, 6) is 1.18. The fraction of sp³-hybridized carbons (Fsp3) is 0.917. The van der Waals surface area contributed by atoms with Crippen LogP contribution >= 0.6 is 0 Å². The zero-order valence-electron chi connectivity index (χ0n) is 10.2. The highest BCUT2D eigenvalue weighted by molar-refractivity contribution is 5.85. The molecule has 0 aromatic rings. The lowest BCUT2D eigenvalue weighted by atomic mass is 9.92. The molecule has 2 N–H and O–H groups in total. The molecule has 0 aliphatic carbocycles. The van der Waals surface area contributed by atoms with Gasteiger partial charge in [-0.05, 0) is 38.4 Å². The van der Waals surface area contributed by atoms with Crippen LogP contribution in [0.5, 0.6) is 0 Å². The second-order valence-corrected chi connectivity index (χ2v) is 4.76. The standard InChI is InChI=1S/C12H24N2O/c1-4-14-11(12(15)9(2)3)7-10-5-6-13-8-10/h9-11,13-14H,4-8H2,1-3H3. The fourth-order valence-electron chi connectivity index (χ4n) is 2.20. The molecule has 1 rings (SSSR count). The van der Waals surface area contributed by atoms with E-state index in [2.05, 4.69) is 17.6 Å². The molecule has 1 heterocycles. The predicted octanol–water partition coefficient (Wildman–Crippen LogP) is 1.19. The Labute approximate surface area is 93.0 Å². The van der Waals surface area contributed by atoms with Crippen LogP contribution in [-0.4, -0.2) is 31.5 Å². The van der Waals surface area contributed by atoms with Crippen LogP contribution in [0.4, 0.5) is 0 Å². The first-order valence-electron chi connectivity index (χ1n) is 6.13. The third-order valence-corrected chi connectivity index (χ3v) is 3.09.